The van der Waals surface area contributed by atoms with E-state index >= 15 is 0 Å². The summed E-state index contributed by atoms with van der Waals surface area (Å²) in [6.45, 7) is 0. The Morgan fingerprint density at radius 1 is 0.481 bits per heavy atom. The van der Waals surface area contributed by atoms with Crippen LogP contribution in [-0.4, -0.2) is 0 Å². The van der Waals surface area contributed by atoms with Gasteiger partial charge in [0.1, 0.15) is 17.5 Å². The lowest BCUT2D eigenvalue weighted by atomic mass is 9.87. The third kappa shape index (κ3) is 3.49. The first-order valence-electron chi connectivity index (χ1n) is 8.44. The van der Waals surface area contributed by atoms with Gasteiger partial charge in [0.05, 0.1) is 0 Å². The van der Waals surface area contributed by atoms with Crippen LogP contribution in [0.15, 0.2) is 84.9 Å². The second kappa shape index (κ2) is 7.12. The molecule has 0 unspecified atom stereocenters. The molecule has 0 atom stereocenters. The van der Waals surface area contributed by atoms with Gasteiger partial charge in [-0.05, 0) is 75.8 Å². The fraction of sp³-hybridized carbons (Fsp3) is 0. The summed E-state index contributed by atoms with van der Waals surface area (Å²) in [5, 5.41) is 0. The number of rotatable bonds is 3. The highest BCUT2D eigenvalue weighted by molar-refractivity contribution is 5.94. The summed E-state index contributed by atoms with van der Waals surface area (Å²) in [4.78, 5) is 0. The molecule has 0 aliphatic heterocycles. The van der Waals surface area contributed by atoms with E-state index in [0.717, 1.165) is 33.4 Å². The molecule has 0 bridgehead atoms. The molecule has 131 valence electrons. The van der Waals surface area contributed by atoms with Gasteiger partial charge in [0.2, 0.25) is 0 Å². The van der Waals surface area contributed by atoms with Gasteiger partial charge in [-0.2, -0.15) is 0 Å². The molecule has 0 aliphatic rings. The fourth-order valence-electron chi connectivity index (χ4n) is 3.13. The van der Waals surface area contributed by atoms with Crippen LogP contribution in [0.4, 0.5) is 13.2 Å². The molecule has 4 rings (SSSR count). The molecule has 0 fully saturated rings. The molecule has 0 spiro atoms. The van der Waals surface area contributed by atoms with E-state index in [1.165, 1.54) is 36.4 Å². The van der Waals surface area contributed by atoms with Crippen LogP contribution in [0.2, 0.25) is 0 Å². The van der Waals surface area contributed by atoms with Crippen LogP contribution in [0.3, 0.4) is 0 Å². The molecule has 0 aromatic heterocycles. The van der Waals surface area contributed by atoms with E-state index in [4.69, 9.17) is 0 Å². The van der Waals surface area contributed by atoms with Crippen molar-refractivity contribution in [1.29, 1.82) is 0 Å². The standard InChI is InChI=1S/C24H14F3/c25-19-10-4-16(5-11-19)22-2-1-3-23(17-6-12-20(26)13-7-17)24(22)18-8-14-21(27)15-9-18/h1-2,4-15H. The molecule has 27 heavy (non-hydrogen) atoms. The van der Waals surface area contributed by atoms with E-state index in [1.54, 1.807) is 42.5 Å². The summed E-state index contributed by atoms with van der Waals surface area (Å²) in [6, 6.07) is 25.4. The van der Waals surface area contributed by atoms with E-state index in [1.807, 2.05) is 6.07 Å². The first-order chi connectivity index (χ1) is 13.1. The predicted octanol–water partition coefficient (Wildman–Crippen LogP) is 6.91. The van der Waals surface area contributed by atoms with Gasteiger partial charge < -0.3 is 0 Å². The summed E-state index contributed by atoms with van der Waals surface area (Å²) >= 11 is 0. The van der Waals surface area contributed by atoms with Gasteiger partial charge in [-0.15, -0.1) is 0 Å². The SMILES string of the molecule is Fc1ccc(-c2[c]ccc(-c3ccc(F)cc3)c2-c2ccc(F)cc2)cc1. The molecule has 4 aromatic carbocycles. The highest BCUT2D eigenvalue weighted by Crippen LogP contribution is 2.39. The molecule has 1 radical (unpaired) electrons. The highest BCUT2D eigenvalue weighted by atomic mass is 19.1. The molecule has 0 nitrogen and oxygen atoms in total. The molecule has 0 N–H and O–H groups in total. The lowest BCUT2D eigenvalue weighted by Gasteiger charge is -2.16. The molecule has 0 saturated carbocycles. The zero-order valence-electron chi connectivity index (χ0n) is 14.2. The summed E-state index contributed by atoms with van der Waals surface area (Å²) in [7, 11) is 0. The van der Waals surface area contributed by atoms with Gasteiger partial charge in [-0.1, -0.05) is 48.5 Å². The minimum Gasteiger partial charge on any atom is -0.207 e. The predicted molar refractivity (Wildman–Crippen MR) is 101 cm³/mol. The number of hydrogen-bond donors (Lipinski definition) is 0. The zero-order chi connectivity index (χ0) is 18.8. The van der Waals surface area contributed by atoms with Crippen molar-refractivity contribution >= 4 is 0 Å². The van der Waals surface area contributed by atoms with Crippen molar-refractivity contribution < 1.29 is 13.2 Å². The van der Waals surface area contributed by atoms with Crippen molar-refractivity contribution in [1.82, 2.24) is 0 Å². The summed E-state index contributed by atoms with van der Waals surface area (Å²) in [5.41, 5.74) is 4.87. The summed E-state index contributed by atoms with van der Waals surface area (Å²) in [5.74, 6) is -0.967. The Morgan fingerprint density at radius 2 is 0.926 bits per heavy atom. The Labute approximate surface area is 155 Å². The quantitative estimate of drug-likeness (QED) is 0.373. The molecule has 4 aromatic rings. The van der Waals surface area contributed by atoms with Crippen LogP contribution in [0.5, 0.6) is 0 Å². The molecule has 0 amide bonds. The maximum atomic E-state index is 13.4. The average molecular weight is 359 g/mol. The Hall–Kier alpha value is -3.33. The van der Waals surface area contributed by atoms with E-state index in [0.29, 0.717) is 0 Å². The smallest absolute Gasteiger partial charge is 0.123 e. The van der Waals surface area contributed by atoms with Gasteiger partial charge in [-0.25, -0.2) is 13.2 Å². The highest BCUT2D eigenvalue weighted by Gasteiger charge is 2.14. The Morgan fingerprint density at radius 3 is 1.44 bits per heavy atom. The average Bonchev–Trinajstić information content (AvgIpc) is 2.69. The van der Waals surface area contributed by atoms with Gasteiger partial charge >= 0.3 is 0 Å². The number of hydrogen-bond acceptors (Lipinski definition) is 0. The zero-order valence-corrected chi connectivity index (χ0v) is 14.2. The second-order valence-electron chi connectivity index (χ2n) is 6.16. The first kappa shape index (κ1) is 17.1. The van der Waals surface area contributed by atoms with Crippen molar-refractivity contribution in [3.8, 4) is 33.4 Å². The van der Waals surface area contributed by atoms with Crippen molar-refractivity contribution in [2.24, 2.45) is 0 Å². The van der Waals surface area contributed by atoms with Crippen molar-refractivity contribution in [3.63, 3.8) is 0 Å². The van der Waals surface area contributed by atoms with Crippen molar-refractivity contribution in [3.05, 3.63) is 108 Å². The summed E-state index contributed by atoms with van der Waals surface area (Å²) < 4.78 is 40.2. The summed E-state index contributed by atoms with van der Waals surface area (Å²) in [6.07, 6.45) is 0. The van der Waals surface area contributed by atoms with Crippen LogP contribution in [0.1, 0.15) is 0 Å². The van der Waals surface area contributed by atoms with Gasteiger partial charge in [0.15, 0.2) is 0 Å². The van der Waals surface area contributed by atoms with Crippen molar-refractivity contribution in [2.45, 2.75) is 0 Å². The minimum absolute atomic E-state index is 0.316. The Bertz CT molecular complexity index is 1000. The molecule has 0 heterocycles. The third-order valence-corrected chi connectivity index (χ3v) is 4.42. The topological polar surface area (TPSA) is 0 Å². The van der Waals surface area contributed by atoms with Crippen LogP contribution >= 0.6 is 0 Å². The molecule has 0 saturated heterocycles. The fourth-order valence-corrected chi connectivity index (χ4v) is 3.13. The van der Waals surface area contributed by atoms with Gasteiger partial charge in [-0.3, -0.25) is 0 Å². The maximum Gasteiger partial charge on any atom is 0.123 e. The van der Waals surface area contributed by atoms with E-state index in [9.17, 15) is 13.2 Å². The van der Waals surface area contributed by atoms with Crippen LogP contribution in [0, 0.1) is 23.5 Å². The van der Waals surface area contributed by atoms with Crippen LogP contribution < -0.4 is 0 Å². The Balaban J connectivity index is 1.99. The minimum atomic E-state index is -0.328. The third-order valence-electron chi connectivity index (χ3n) is 4.42. The molecule has 0 aliphatic carbocycles. The van der Waals surface area contributed by atoms with E-state index in [-0.39, 0.29) is 17.5 Å². The molecular formula is C24H14F3. The van der Waals surface area contributed by atoms with Crippen LogP contribution in [-0.2, 0) is 0 Å². The Kier molecular flexibility index (Phi) is 4.51. The van der Waals surface area contributed by atoms with Gasteiger partial charge in [0.25, 0.3) is 0 Å². The normalized spacial score (nSPS) is 10.8. The molecular weight excluding hydrogens is 345 g/mol. The monoisotopic (exact) mass is 359 g/mol. The van der Waals surface area contributed by atoms with Crippen molar-refractivity contribution in [2.75, 3.05) is 0 Å². The van der Waals surface area contributed by atoms with E-state index < -0.39 is 0 Å². The molecule has 3 heteroatoms. The lowest BCUT2D eigenvalue weighted by Crippen LogP contribution is -1.91. The number of benzene rings is 4. The first-order valence-corrected chi connectivity index (χ1v) is 8.44. The second-order valence-corrected chi connectivity index (χ2v) is 6.16. The maximum absolute atomic E-state index is 13.4. The van der Waals surface area contributed by atoms with Gasteiger partial charge in [0, 0.05) is 0 Å². The lowest BCUT2D eigenvalue weighted by molar-refractivity contribution is 0.627. The largest absolute Gasteiger partial charge is 0.207 e. The van der Waals surface area contributed by atoms with E-state index in [2.05, 4.69) is 6.07 Å². The number of halogens is 3. The van der Waals surface area contributed by atoms with Crippen LogP contribution in [0.25, 0.3) is 33.4 Å².